The van der Waals surface area contributed by atoms with E-state index in [1.54, 1.807) is 24.3 Å². The van der Waals surface area contributed by atoms with Crippen LogP contribution in [0.2, 0.25) is 5.02 Å². The van der Waals surface area contributed by atoms with Crippen LogP contribution >= 0.6 is 11.6 Å². The van der Waals surface area contributed by atoms with Gasteiger partial charge in [-0.3, -0.25) is 13.9 Å². The van der Waals surface area contributed by atoms with Crippen molar-refractivity contribution in [2.24, 2.45) is 0 Å². The Morgan fingerprint density at radius 3 is 2.10 bits per heavy atom. The first-order valence-corrected chi connectivity index (χ1v) is 16.3. The van der Waals surface area contributed by atoms with Crippen molar-refractivity contribution in [2.75, 3.05) is 17.1 Å². The van der Waals surface area contributed by atoms with Gasteiger partial charge in [0.15, 0.2) is 0 Å². The van der Waals surface area contributed by atoms with Crippen LogP contribution in [0.25, 0.3) is 0 Å². The predicted octanol–water partition coefficient (Wildman–Crippen LogP) is 5.37. The van der Waals surface area contributed by atoms with Gasteiger partial charge in [0.25, 0.3) is 0 Å². The van der Waals surface area contributed by atoms with E-state index in [-0.39, 0.29) is 18.5 Å². The minimum absolute atomic E-state index is 0.0675. The fraction of sp³-hybridized carbons (Fsp3) is 0.375. The highest BCUT2D eigenvalue weighted by atomic mass is 35.5. The van der Waals surface area contributed by atoms with E-state index in [4.69, 9.17) is 11.6 Å². The number of aryl methyl sites for hydroxylation is 1. The molecule has 1 fully saturated rings. The lowest BCUT2D eigenvalue weighted by Crippen LogP contribution is -2.54. The van der Waals surface area contributed by atoms with Crippen molar-refractivity contribution in [3.63, 3.8) is 0 Å². The Morgan fingerprint density at radius 1 is 0.902 bits per heavy atom. The zero-order valence-corrected chi connectivity index (χ0v) is 25.2. The maximum absolute atomic E-state index is 14.2. The molecule has 218 valence electrons. The lowest BCUT2D eigenvalue weighted by Gasteiger charge is -2.34. The van der Waals surface area contributed by atoms with E-state index < -0.39 is 28.5 Å². The molecular formula is C32H38ClN3O4S. The molecule has 3 aromatic carbocycles. The van der Waals surface area contributed by atoms with Crippen LogP contribution in [0.3, 0.4) is 0 Å². The Labute approximate surface area is 248 Å². The first-order chi connectivity index (χ1) is 19.6. The van der Waals surface area contributed by atoms with Crippen molar-refractivity contribution < 1.29 is 18.0 Å². The summed E-state index contributed by atoms with van der Waals surface area (Å²) in [5, 5.41) is 3.73. The van der Waals surface area contributed by atoms with E-state index in [0.717, 1.165) is 59.4 Å². The SMILES string of the molecule is CCc1ccc(N(CC(=O)N(Cc2ccc(Cl)cc2)[C@@H](Cc2ccccc2)C(=O)NC2CCCC2)S(C)(=O)=O)cc1. The van der Waals surface area contributed by atoms with Crippen LogP contribution < -0.4 is 9.62 Å². The molecule has 1 aliphatic carbocycles. The molecule has 0 spiro atoms. The molecule has 0 aliphatic heterocycles. The highest BCUT2D eigenvalue weighted by Gasteiger charge is 2.34. The fourth-order valence-electron chi connectivity index (χ4n) is 5.22. The van der Waals surface area contributed by atoms with E-state index >= 15 is 0 Å². The molecule has 2 amide bonds. The molecule has 41 heavy (non-hydrogen) atoms. The van der Waals surface area contributed by atoms with Gasteiger partial charge in [0.05, 0.1) is 11.9 Å². The van der Waals surface area contributed by atoms with Crippen LogP contribution in [0, 0.1) is 0 Å². The van der Waals surface area contributed by atoms with Gasteiger partial charge in [-0.2, -0.15) is 0 Å². The maximum Gasteiger partial charge on any atom is 0.244 e. The van der Waals surface area contributed by atoms with Crippen LogP contribution in [-0.2, 0) is 39.0 Å². The van der Waals surface area contributed by atoms with Gasteiger partial charge < -0.3 is 10.2 Å². The fourth-order valence-corrected chi connectivity index (χ4v) is 6.20. The van der Waals surface area contributed by atoms with Crippen molar-refractivity contribution in [3.05, 3.63) is 101 Å². The van der Waals surface area contributed by atoms with E-state index in [1.165, 1.54) is 4.90 Å². The number of benzene rings is 3. The normalized spacial score (nSPS) is 14.4. The van der Waals surface area contributed by atoms with Gasteiger partial charge in [-0.1, -0.05) is 86.0 Å². The summed E-state index contributed by atoms with van der Waals surface area (Å²) in [6.07, 6.45) is 6.12. The lowest BCUT2D eigenvalue weighted by atomic mass is 10.0. The molecule has 4 rings (SSSR count). The van der Waals surface area contributed by atoms with Gasteiger partial charge in [0.2, 0.25) is 21.8 Å². The van der Waals surface area contributed by atoms with Crippen molar-refractivity contribution >= 4 is 39.1 Å². The van der Waals surface area contributed by atoms with Crippen molar-refractivity contribution in [3.8, 4) is 0 Å². The first kappa shape index (κ1) is 30.6. The second-order valence-electron chi connectivity index (χ2n) is 10.6. The number of sulfonamides is 1. The van der Waals surface area contributed by atoms with Gasteiger partial charge in [0.1, 0.15) is 12.6 Å². The molecule has 0 heterocycles. The molecule has 0 aromatic heterocycles. The Morgan fingerprint density at radius 2 is 1.51 bits per heavy atom. The first-order valence-electron chi connectivity index (χ1n) is 14.1. The number of hydrogen-bond acceptors (Lipinski definition) is 4. The molecule has 0 bridgehead atoms. The van der Waals surface area contributed by atoms with Gasteiger partial charge in [-0.25, -0.2) is 8.42 Å². The standard InChI is InChI=1S/C32H38ClN3O4S/c1-3-24-15-19-29(20-16-24)36(41(2,39)40)23-31(37)35(22-26-13-17-27(33)18-14-26)30(21-25-9-5-4-6-10-25)32(38)34-28-11-7-8-12-28/h4-6,9-10,13-20,28,30H,3,7-8,11-12,21-23H2,1-2H3,(H,34,38)/t30-/m0/s1. The average molecular weight is 596 g/mol. The van der Waals surface area contributed by atoms with Crippen LogP contribution in [0.15, 0.2) is 78.9 Å². The molecule has 1 aliphatic rings. The second-order valence-corrected chi connectivity index (χ2v) is 13.0. The number of nitrogens with zero attached hydrogens (tertiary/aromatic N) is 2. The third-order valence-electron chi connectivity index (χ3n) is 7.55. The van der Waals surface area contributed by atoms with Gasteiger partial charge in [-0.15, -0.1) is 0 Å². The van der Waals surface area contributed by atoms with E-state index in [2.05, 4.69) is 5.32 Å². The van der Waals surface area contributed by atoms with Gasteiger partial charge >= 0.3 is 0 Å². The van der Waals surface area contributed by atoms with Crippen LogP contribution in [0.4, 0.5) is 5.69 Å². The average Bonchev–Trinajstić information content (AvgIpc) is 3.47. The zero-order valence-electron chi connectivity index (χ0n) is 23.6. The monoisotopic (exact) mass is 595 g/mol. The largest absolute Gasteiger partial charge is 0.352 e. The summed E-state index contributed by atoms with van der Waals surface area (Å²) in [4.78, 5) is 29.5. The van der Waals surface area contributed by atoms with Crippen molar-refractivity contribution in [2.45, 2.75) is 64.1 Å². The Kier molecular flexibility index (Phi) is 10.5. The van der Waals surface area contributed by atoms with Gasteiger partial charge in [-0.05, 0) is 60.2 Å². The Hall–Kier alpha value is -3.36. The van der Waals surface area contributed by atoms with Crippen molar-refractivity contribution in [1.29, 1.82) is 0 Å². The smallest absolute Gasteiger partial charge is 0.244 e. The van der Waals surface area contributed by atoms with Crippen LogP contribution in [0.1, 0.15) is 49.3 Å². The predicted molar refractivity (Wildman–Crippen MR) is 164 cm³/mol. The molecule has 0 radical (unpaired) electrons. The highest BCUT2D eigenvalue weighted by molar-refractivity contribution is 7.92. The second kappa shape index (κ2) is 14.0. The number of amides is 2. The summed E-state index contributed by atoms with van der Waals surface area (Å²) in [5.41, 5.74) is 3.15. The molecule has 9 heteroatoms. The maximum atomic E-state index is 14.2. The van der Waals surface area contributed by atoms with E-state index in [9.17, 15) is 18.0 Å². The quantitative estimate of drug-likeness (QED) is 0.305. The minimum atomic E-state index is -3.80. The number of hydrogen-bond donors (Lipinski definition) is 1. The van der Waals surface area contributed by atoms with E-state index in [1.807, 2.05) is 61.5 Å². The molecule has 1 atom stereocenters. The van der Waals surface area contributed by atoms with Gasteiger partial charge in [0, 0.05) is 24.0 Å². The molecular weight excluding hydrogens is 558 g/mol. The summed E-state index contributed by atoms with van der Waals surface area (Å²) in [6.45, 7) is 1.71. The zero-order chi connectivity index (χ0) is 29.4. The topological polar surface area (TPSA) is 86.8 Å². The third-order valence-corrected chi connectivity index (χ3v) is 8.94. The molecule has 1 saturated carbocycles. The summed E-state index contributed by atoms with van der Waals surface area (Å²) in [7, 11) is -3.80. The van der Waals surface area contributed by atoms with E-state index in [0.29, 0.717) is 17.1 Å². The Balaban J connectivity index is 1.71. The third kappa shape index (κ3) is 8.57. The lowest BCUT2D eigenvalue weighted by molar-refractivity contribution is -0.140. The van der Waals surface area contributed by atoms with Crippen molar-refractivity contribution in [1.82, 2.24) is 10.2 Å². The molecule has 0 unspecified atom stereocenters. The summed E-state index contributed by atoms with van der Waals surface area (Å²) in [5.74, 6) is -0.700. The number of rotatable bonds is 12. The number of nitrogens with one attached hydrogen (secondary N) is 1. The Bertz CT molecular complexity index is 1410. The number of carbonyl (C=O) groups excluding carboxylic acids is 2. The minimum Gasteiger partial charge on any atom is -0.352 e. The summed E-state index contributed by atoms with van der Waals surface area (Å²) < 4.78 is 27.0. The van der Waals surface area contributed by atoms with Crippen LogP contribution in [0.5, 0.6) is 0 Å². The molecule has 3 aromatic rings. The van der Waals surface area contributed by atoms with Crippen LogP contribution in [-0.4, -0.2) is 50.0 Å². The number of anilines is 1. The number of carbonyl (C=O) groups is 2. The summed E-state index contributed by atoms with van der Waals surface area (Å²) in [6, 6.07) is 23.0. The molecule has 1 N–H and O–H groups in total. The summed E-state index contributed by atoms with van der Waals surface area (Å²) >= 11 is 6.12. The highest BCUT2D eigenvalue weighted by Crippen LogP contribution is 2.23. The molecule has 0 saturated heterocycles. The number of halogens is 1. The molecule has 7 nitrogen and oxygen atoms in total.